The van der Waals surface area contributed by atoms with Crippen LogP contribution in [-0.4, -0.2) is 42.0 Å². The first-order valence-corrected chi connectivity index (χ1v) is 14.1. The first-order chi connectivity index (χ1) is 20.2. The number of ether oxygens (including phenoxy) is 1. The molecule has 0 saturated carbocycles. The van der Waals surface area contributed by atoms with Gasteiger partial charge >= 0.3 is 5.97 Å². The van der Waals surface area contributed by atoms with Crippen LogP contribution < -0.4 is 15.0 Å². The van der Waals surface area contributed by atoms with Gasteiger partial charge < -0.3 is 20.1 Å². The second-order valence-electron chi connectivity index (χ2n) is 10.1. The third kappa shape index (κ3) is 7.98. The van der Waals surface area contributed by atoms with Crippen LogP contribution in [-0.2, 0) is 16.0 Å². The van der Waals surface area contributed by atoms with Gasteiger partial charge in [0.05, 0.1) is 6.54 Å². The van der Waals surface area contributed by atoms with Crippen molar-refractivity contribution in [2.45, 2.75) is 26.3 Å². The van der Waals surface area contributed by atoms with Crippen molar-refractivity contribution in [1.82, 2.24) is 0 Å². The summed E-state index contributed by atoms with van der Waals surface area (Å²) in [5.41, 5.74) is 2.92. The van der Waals surface area contributed by atoms with Crippen LogP contribution in [0.3, 0.4) is 0 Å². The molecule has 216 valence electrons. The van der Waals surface area contributed by atoms with Gasteiger partial charge in [-0.2, -0.15) is 0 Å². The van der Waals surface area contributed by atoms with Crippen molar-refractivity contribution in [3.05, 3.63) is 125 Å². The third-order valence-electron chi connectivity index (χ3n) is 6.68. The van der Waals surface area contributed by atoms with Gasteiger partial charge in [0.25, 0.3) is 0 Å². The topological polar surface area (TPSA) is 95.9 Å². The minimum atomic E-state index is -1.03. The van der Waals surface area contributed by atoms with Crippen molar-refractivity contribution in [2.24, 2.45) is 5.92 Å². The number of rotatable bonds is 13. The fourth-order valence-electron chi connectivity index (χ4n) is 4.45. The predicted octanol–water partition coefficient (Wildman–Crippen LogP) is 6.75. The van der Waals surface area contributed by atoms with Gasteiger partial charge in [0, 0.05) is 39.9 Å². The Balaban J connectivity index is 1.39. The van der Waals surface area contributed by atoms with Gasteiger partial charge in [0.1, 0.15) is 18.4 Å². The van der Waals surface area contributed by atoms with E-state index in [1.807, 2.05) is 32.0 Å². The molecule has 0 spiro atoms. The lowest BCUT2D eigenvalue weighted by molar-refractivity contribution is -0.137. The Hall–Kier alpha value is -4.62. The molecule has 1 amide bonds. The summed E-state index contributed by atoms with van der Waals surface area (Å²) < 4.78 is 5.91. The number of nitrogens with one attached hydrogen (secondary N) is 1. The molecule has 0 aromatic heterocycles. The molecule has 4 aromatic carbocycles. The lowest BCUT2D eigenvalue weighted by atomic mass is 10.00. The van der Waals surface area contributed by atoms with Crippen LogP contribution in [0.2, 0.25) is 5.02 Å². The fraction of sp³-hybridized carbons (Fsp3) is 0.206. The van der Waals surface area contributed by atoms with Crippen molar-refractivity contribution in [3.8, 4) is 5.75 Å². The van der Waals surface area contributed by atoms with Crippen LogP contribution in [0.4, 0.5) is 11.4 Å². The average Bonchev–Trinajstić information content (AvgIpc) is 3.00. The second kappa shape index (κ2) is 14.3. The van der Waals surface area contributed by atoms with E-state index < -0.39 is 12.0 Å². The summed E-state index contributed by atoms with van der Waals surface area (Å²) >= 11 is 6.01. The second-order valence-corrected chi connectivity index (χ2v) is 10.5. The zero-order valence-electron chi connectivity index (χ0n) is 23.5. The fourth-order valence-corrected chi connectivity index (χ4v) is 4.58. The number of amides is 1. The predicted molar refractivity (Wildman–Crippen MR) is 166 cm³/mol. The lowest BCUT2D eigenvalue weighted by Crippen LogP contribution is -2.37. The van der Waals surface area contributed by atoms with Gasteiger partial charge in [-0.05, 0) is 54.1 Å². The van der Waals surface area contributed by atoms with E-state index in [2.05, 4.69) is 5.32 Å². The van der Waals surface area contributed by atoms with Crippen LogP contribution >= 0.6 is 11.6 Å². The van der Waals surface area contributed by atoms with E-state index in [4.69, 9.17) is 16.3 Å². The number of carboxylic acids is 1. The van der Waals surface area contributed by atoms with Crippen molar-refractivity contribution < 1.29 is 24.2 Å². The standard InChI is InChI=1S/C34H33ClN2O5/c1-23(2)33(39)37(27-16-14-26(35)15-17-27)20-21-42-28-18-12-24(13-19-28)22-31(34(40)41)36-30-11-7-6-10-29(30)32(38)25-8-4-3-5-9-25/h3-19,23,31,36H,20-22H2,1-2H3,(H,40,41)/t31-/m0/s1. The van der Waals surface area contributed by atoms with Gasteiger partial charge in [-0.1, -0.05) is 80.0 Å². The van der Waals surface area contributed by atoms with E-state index in [-0.39, 0.29) is 30.6 Å². The van der Waals surface area contributed by atoms with Crippen LogP contribution in [0, 0.1) is 5.92 Å². The van der Waals surface area contributed by atoms with E-state index in [0.29, 0.717) is 34.1 Å². The number of hydrogen-bond donors (Lipinski definition) is 2. The van der Waals surface area contributed by atoms with Crippen molar-refractivity contribution in [3.63, 3.8) is 0 Å². The average molecular weight is 585 g/mol. The first-order valence-electron chi connectivity index (χ1n) is 13.7. The highest BCUT2D eigenvalue weighted by Gasteiger charge is 2.22. The molecule has 0 aliphatic heterocycles. The van der Waals surface area contributed by atoms with Crippen molar-refractivity contribution >= 4 is 40.6 Å². The molecular weight excluding hydrogens is 552 g/mol. The monoisotopic (exact) mass is 584 g/mol. The third-order valence-corrected chi connectivity index (χ3v) is 6.93. The first kappa shape index (κ1) is 30.3. The Bertz CT molecular complexity index is 1510. The summed E-state index contributed by atoms with van der Waals surface area (Å²) in [6.07, 6.45) is 0.191. The molecule has 0 saturated heterocycles. The van der Waals surface area contributed by atoms with E-state index in [1.165, 1.54) is 0 Å². The Morgan fingerprint density at radius 1 is 0.857 bits per heavy atom. The summed E-state index contributed by atoms with van der Waals surface area (Å²) in [6.45, 7) is 4.33. The number of aliphatic carboxylic acids is 1. The molecule has 4 rings (SSSR count). The number of benzene rings is 4. The zero-order valence-corrected chi connectivity index (χ0v) is 24.3. The highest BCUT2D eigenvalue weighted by atomic mass is 35.5. The van der Waals surface area contributed by atoms with Gasteiger partial charge in [0.15, 0.2) is 5.78 Å². The molecule has 0 bridgehead atoms. The van der Waals surface area contributed by atoms with Crippen LogP contribution in [0.1, 0.15) is 35.3 Å². The molecule has 42 heavy (non-hydrogen) atoms. The molecule has 0 radical (unpaired) electrons. The molecule has 0 heterocycles. The number of ketones is 1. The van der Waals surface area contributed by atoms with Crippen molar-refractivity contribution in [1.29, 1.82) is 0 Å². The largest absolute Gasteiger partial charge is 0.492 e. The maximum absolute atomic E-state index is 13.1. The van der Waals surface area contributed by atoms with Gasteiger partial charge in [-0.25, -0.2) is 4.79 Å². The molecule has 7 nitrogen and oxygen atoms in total. The quantitative estimate of drug-likeness (QED) is 0.169. The maximum Gasteiger partial charge on any atom is 0.326 e. The molecule has 2 N–H and O–H groups in total. The molecule has 1 atom stereocenters. The van der Waals surface area contributed by atoms with Crippen LogP contribution in [0.5, 0.6) is 5.75 Å². The van der Waals surface area contributed by atoms with Gasteiger partial charge in [-0.3, -0.25) is 9.59 Å². The number of hydrogen-bond acceptors (Lipinski definition) is 5. The zero-order chi connectivity index (χ0) is 30.1. The van der Waals surface area contributed by atoms with Gasteiger partial charge in [-0.15, -0.1) is 0 Å². The van der Waals surface area contributed by atoms with Crippen LogP contribution in [0.15, 0.2) is 103 Å². The van der Waals surface area contributed by atoms with Crippen molar-refractivity contribution in [2.75, 3.05) is 23.4 Å². The summed E-state index contributed by atoms with van der Waals surface area (Å²) in [6, 6.07) is 29.1. The molecule has 0 aliphatic carbocycles. The van der Waals surface area contributed by atoms with E-state index >= 15 is 0 Å². The van der Waals surface area contributed by atoms with Crippen LogP contribution in [0.25, 0.3) is 0 Å². The van der Waals surface area contributed by atoms with E-state index in [9.17, 15) is 19.5 Å². The molecule has 8 heteroatoms. The smallest absolute Gasteiger partial charge is 0.326 e. The Kier molecular flexibility index (Phi) is 10.3. The highest BCUT2D eigenvalue weighted by Crippen LogP contribution is 2.23. The minimum absolute atomic E-state index is 0.0180. The Morgan fingerprint density at radius 2 is 1.50 bits per heavy atom. The number of carboxylic acid groups (broad SMARTS) is 1. The summed E-state index contributed by atoms with van der Waals surface area (Å²) in [7, 11) is 0. The Labute approximate surface area is 250 Å². The SMILES string of the molecule is CC(C)C(=O)N(CCOc1ccc(C[C@H](Nc2ccccc2C(=O)c2ccccc2)C(=O)O)cc1)c1ccc(Cl)cc1. The summed E-state index contributed by atoms with van der Waals surface area (Å²) in [4.78, 5) is 39.7. The number of carbonyl (C=O) groups excluding carboxylic acids is 2. The lowest BCUT2D eigenvalue weighted by Gasteiger charge is -2.25. The number of anilines is 2. The Morgan fingerprint density at radius 3 is 2.14 bits per heavy atom. The van der Waals surface area contributed by atoms with Gasteiger partial charge in [0.2, 0.25) is 5.91 Å². The highest BCUT2D eigenvalue weighted by molar-refractivity contribution is 6.30. The molecule has 0 unspecified atom stereocenters. The van der Waals surface area contributed by atoms with E-state index in [0.717, 1.165) is 11.3 Å². The molecule has 4 aromatic rings. The summed E-state index contributed by atoms with van der Waals surface area (Å²) in [5.74, 6) is -0.816. The summed E-state index contributed by atoms with van der Waals surface area (Å²) in [5, 5.41) is 13.6. The minimum Gasteiger partial charge on any atom is -0.492 e. The normalized spacial score (nSPS) is 11.5. The number of carbonyl (C=O) groups is 3. The molecular formula is C34H33ClN2O5. The molecule has 0 fully saturated rings. The number of nitrogens with zero attached hydrogens (tertiary/aromatic N) is 1. The molecule has 0 aliphatic rings. The van der Waals surface area contributed by atoms with E-state index in [1.54, 1.807) is 89.8 Å². The number of halogens is 1. The maximum atomic E-state index is 13.1. The number of para-hydroxylation sites is 1.